The number of rotatable bonds is 4. The number of hydrogen-bond donors (Lipinski definition) is 1. The van der Waals surface area contributed by atoms with Gasteiger partial charge in [0.2, 0.25) is 0 Å². The number of benzene rings is 2. The fourth-order valence-electron chi connectivity index (χ4n) is 3.31. The highest BCUT2D eigenvalue weighted by Crippen LogP contribution is 2.25. The van der Waals surface area contributed by atoms with Gasteiger partial charge in [0.25, 0.3) is 0 Å². The molecule has 4 heteroatoms. The van der Waals surface area contributed by atoms with E-state index in [0.717, 1.165) is 37.1 Å². The van der Waals surface area contributed by atoms with E-state index >= 15 is 0 Å². The second kappa shape index (κ2) is 8.06. The molecule has 25 heavy (non-hydrogen) atoms. The molecule has 1 fully saturated rings. The first-order valence-corrected chi connectivity index (χ1v) is 8.95. The van der Waals surface area contributed by atoms with Gasteiger partial charge in [0.1, 0.15) is 12.8 Å². The SMILES string of the molecule is Cc1cccc(C)c1NC1CCCCN1C(=O)OCc1ccccc1. The zero-order valence-corrected chi connectivity index (χ0v) is 15.0. The molecular formula is C21H26N2O2. The van der Waals surface area contributed by atoms with Gasteiger partial charge < -0.3 is 10.1 Å². The summed E-state index contributed by atoms with van der Waals surface area (Å²) in [7, 11) is 0. The maximum absolute atomic E-state index is 12.6. The molecule has 0 spiro atoms. The average Bonchev–Trinajstić information content (AvgIpc) is 2.64. The molecular weight excluding hydrogens is 312 g/mol. The minimum Gasteiger partial charge on any atom is -0.444 e. The lowest BCUT2D eigenvalue weighted by Crippen LogP contribution is -2.48. The number of aryl methyl sites for hydroxylation is 2. The monoisotopic (exact) mass is 338 g/mol. The molecule has 1 atom stereocenters. The third-order valence-electron chi connectivity index (χ3n) is 4.73. The summed E-state index contributed by atoms with van der Waals surface area (Å²) in [5.74, 6) is 0. The van der Waals surface area contributed by atoms with Crippen molar-refractivity contribution in [2.45, 2.75) is 45.9 Å². The zero-order chi connectivity index (χ0) is 17.6. The fraction of sp³-hybridized carbons (Fsp3) is 0.381. The van der Waals surface area contributed by atoms with Crippen LogP contribution in [0.4, 0.5) is 10.5 Å². The molecule has 0 aliphatic carbocycles. The van der Waals surface area contributed by atoms with Crippen molar-refractivity contribution in [3.05, 3.63) is 65.2 Å². The molecule has 1 N–H and O–H groups in total. The van der Waals surface area contributed by atoms with Gasteiger partial charge in [-0.15, -0.1) is 0 Å². The summed E-state index contributed by atoms with van der Waals surface area (Å²) in [4.78, 5) is 14.4. The summed E-state index contributed by atoms with van der Waals surface area (Å²) in [6.45, 7) is 5.23. The molecule has 3 rings (SSSR count). The van der Waals surface area contributed by atoms with Crippen LogP contribution in [-0.4, -0.2) is 23.7 Å². The summed E-state index contributed by atoms with van der Waals surface area (Å²) in [6, 6.07) is 16.0. The quantitative estimate of drug-likeness (QED) is 0.865. The highest BCUT2D eigenvalue weighted by Gasteiger charge is 2.28. The summed E-state index contributed by atoms with van der Waals surface area (Å²) < 4.78 is 5.54. The second-order valence-corrected chi connectivity index (χ2v) is 6.66. The number of amides is 1. The molecule has 2 aromatic carbocycles. The molecule has 1 aliphatic heterocycles. The number of likely N-dealkylation sites (tertiary alicyclic amines) is 1. The number of anilines is 1. The molecule has 0 bridgehead atoms. The number of para-hydroxylation sites is 1. The number of ether oxygens (including phenoxy) is 1. The van der Waals surface area contributed by atoms with Gasteiger partial charge in [-0.1, -0.05) is 48.5 Å². The van der Waals surface area contributed by atoms with Crippen molar-refractivity contribution in [2.24, 2.45) is 0 Å². The van der Waals surface area contributed by atoms with Gasteiger partial charge >= 0.3 is 6.09 Å². The Hall–Kier alpha value is -2.49. The van der Waals surface area contributed by atoms with E-state index in [1.807, 2.05) is 35.2 Å². The Balaban J connectivity index is 1.67. The van der Waals surface area contributed by atoms with E-state index in [-0.39, 0.29) is 12.3 Å². The minimum absolute atomic E-state index is 0.0168. The Labute approximate surface area is 149 Å². The molecule has 4 nitrogen and oxygen atoms in total. The third kappa shape index (κ3) is 4.32. The van der Waals surface area contributed by atoms with Crippen molar-refractivity contribution in [2.75, 3.05) is 11.9 Å². The van der Waals surface area contributed by atoms with Crippen LogP contribution in [0.25, 0.3) is 0 Å². The van der Waals surface area contributed by atoms with E-state index in [9.17, 15) is 4.79 Å². The zero-order valence-electron chi connectivity index (χ0n) is 15.0. The fourth-order valence-corrected chi connectivity index (χ4v) is 3.31. The first kappa shape index (κ1) is 17.3. The lowest BCUT2D eigenvalue weighted by molar-refractivity contribution is 0.0739. The van der Waals surface area contributed by atoms with Crippen LogP contribution in [0.3, 0.4) is 0 Å². The van der Waals surface area contributed by atoms with Gasteiger partial charge in [0.15, 0.2) is 0 Å². The number of piperidine rings is 1. The number of hydrogen-bond acceptors (Lipinski definition) is 3. The average molecular weight is 338 g/mol. The molecule has 1 aliphatic rings. The summed E-state index contributed by atoms with van der Waals surface area (Å²) >= 11 is 0. The maximum Gasteiger partial charge on any atom is 0.411 e. The lowest BCUT2D eigenvalue weighted by atomic mass is 10.1. The first-order valence-electron chi connectivity index (χ1n) is 8.95. The maximum atomic E-state index is 12.6. The Morgan fingerprint density at radius 3 is 2.52 bits per heavy atom. The van der Waals surface area contributed by atoms with E-state index in [1.54, 1.807) is 0 Å². The van der Waals surface area contributed by atoms with Crippen LogP contribution < -0.4 is 5.32 Å². The number of nitrogens with zero attached hydrogens (tertiary/aromatic N) is 1. The Kier molecular flexibility index (Phi) is 5.59. The van der Waals surface area contributed by atoms with Crippen LogP contribution in [0.15, 0.2) is 48.5 Å². The predicted octanol–water partition coefficient (Wildman–Crippen LogP) is 4.86. The Morgan fingerprint density at radius 1 is 1.08 bits per heavy atom. The molecule has 0 radical (unpaired) electrons. The van der Waals surface area contributed by atoms with Crippen molar-refractivity contribution in [3.8, 4) is 0 Å². The van der Waals surface area contributed by atoms with Crippen molar-refractivity contribution < 1.29 is 9.53 Å². The Bertz CT molecular complexity index is 695. The van der Waals surface area contributed by atoms with Crippen LogP contribution in [-0.2, 0) is 11.3 Å². The third-order valence-corrected chi connectivity index (χ3v) is 4.73. The van der Waals surface area contributed by atoms with E-state index < -0.39 is 0 Å². The van der Waals surface area contributed by atoms with Gasteiger partial charge in [-0.05, 0) is 49.8 Å². The normalized spacial score (nSPS) is 17.2. The molecule has 132 valence electrons. The largest absolute Gasteiger partial charge is 0.444 e. The highest BCUT2D eigenvalue weighted by atomic mass is 16.6. The van der Waals surface area contributed by atoms with Gasteiger partial charge in [-0.2, -0.15) is 0 Å². The van der Waals surface area contributed by atoms with E-state index in [2.05, 4.69) is 37.4 Å². The van der Waals surface area contributed by atoms with Crippen LogP contribution in [0.5, 0.6) is 0 Å². The highest BCUT2D eigenvalue weighted by molar-refractivity contribution is 5.69. The van der Waals surface area contributed by atoms with E-state index in [1.165, 1.54) is 11.1 Å². The summed E-state index contributed by atoms with van der Waals surface area (Å²) in [5, 5.41) is 3.57. The molecule has 1 unspecified atom stereocenters. The molecule has 1 amide bonds. The van der Waals surface area contributed by atoms with Gasteiger partial charge in [0, 0.05) is 12.2 Å². The molecule has 1 saturated heterocycles. The van der Waals surface area contributed by atoms with Crippen LogP contribution >= 0.6 is 0 Å². The minimum atomic E-state index is -0.243. The Morgan fingerprint density at radius 2 is 1.80 bits per heavy atom. The van der Waals surface area contributed by atoms with Gasteiger partial charge in [-0.3, -0.25) is 4.90 Å². The lowest BCUT2D eigenvalue weighted by Gasteiger charge is -2.36. The predicted molar refractivity (Wildman–Crippen MR) is 101 cm³/mol. The molecule has 1 heterocycles. The molecule has 2 aromatic rings. The van der Waals surface area contributed by atoms with Crippen LogP contribution in [0.1, 0.15) is 36.0 Å². The molecule has 0 aromatic heterocycles. The molecule has 0 saturated carbocycles. The van der Waals surface area contributed by atoms with E-state index in [4.69, 9.17) is 4.74 Å². The topological polar surface area (TPSA) is 41.6 Å². The standard InChI is InChI=1S/C21H26N2O2/c1-16-9-8-10-17(2)20(16)22-19-13-6-7-14-23(19)21(24)25-15-18-11-4-3-5-12-18/h3-5,8-12,19,22H,6-7,13-15H2,1-2H3. The van der Waals surface area contributed by atoms with Crippen molar-refractivity contribution in [1.29, 1.82) is 0 Å². The van der Waals surface area contributed by atoms with Crippen molar-refractivity contribution in [3.63, 3.8) is 0 Å². The van der Waals surface area contributed by atoms with Crippen molar-refractivity contribution >= 4 is 11.8 Å². The number of nitrogens with one attached hydrogen (secondary N) is 1. The second-order valence-electron chi connectivity index (χ2n) is 6.66. The number of carbonyl (C=O) groups excluding carboxylic acids is 1. The summed E-state index contributed by atoms with van der Waals surface area (Å²) in [6.07, 6.45) is 2.81. The van der Waals surface area contributed by atoms with E-state index in [0.29, 0.717) is 6.61 Å². The van der Waals surface area contributed by atoms with Gasteiger partial charge in [-0.25, -0.2) is 4.79 Å². The first-order chi connectivity index (χ1) is 12.1. The number of carbonyl (C=O) groups is 1. The summed E-state index contributed by atoms with van der Waals surface area (Å²) in [5.41, 5.74) is 4.52. The van der Waals surface area contributed by atoms with Crippen LogP contribution in [0, 0.1) is 13.8 Å². The smallest absolute Gasteiger partial charge is 0.411 e. The van der Waals surface area contributed by atoms with Crippen molar-refractivity contribution in [1.82, 2.24) is 4.90 Å². The van der Waals surface area contributed by atoms with Gasteiger partial charge in [0.05, 0.1) is 0 Å². The van der Waals surface area contributed by atoms with Crippen LogP contribution in [0.2, 0.25) is 0 Å².